The second-order valence-electron chi connectivity index (χ2n) is 5.68. The molecule has 0 fully saturated rings. The fraction of sp³-hybridized carbons (Fsp3) is 0.375. The van der Waals surface area contributed by atoms with Crippen LogP contribution in [0.15, 0.2) is 29.3 Å². The minimum atomic E-state index is 0.311. The van der Waals surface area contributed by atoms with E-state index >= 15 is 0 Å². The molecule has 5 nitrogen and oxygen atoms in total. The van der Waals surface area contributed by atoms with E-state index < -0.39 is 0 Å². The van der Waals surface area contributed by atoms with Crippen molar-refractivity contribution in [1.29, 1.82) is 0 Å². The summed E-state index contributed by atoms with van der Waals surface area (Å²) in [5.41, 5.74) is 10.3. The van der Waals surface area contributed by atoms with Crippen molar-refractivity contribution in [2.75, 3.05) is 30.0 Å². The Hall–Kier alpha value is -1.95. The van der Waals surface area contributed by atoms with Gasteiger partial charge < -0.3 is 16.0 Å². The first-order valence-corrected chi connectivity index (χ1v) is 8.24. The molecule has 3 N–H and O–H groups in total. The summed E-state index contributed by atoms with van der Waals surface area (Å²) in [6.45, 7) is 2.01. The van der Waals surface area contributed by atoms with E-state index in [1.807, 2.05) is 21.0 Å². The molecule has 0 radical (unpaired) electrons. The average Bonchev–Trinajstić information content (AvgIpc) is 2.47. The molecule has 6 heteroatoms. The Bertz CT molecular complexity index is 669. The number of fused-ring (bicyclic) bond motifs is 1. The van der Waals surface area contributed by atoms with Crippen LogP contribution in [-0.2, 0) is 6.42 Å². The molecule has 1 aromatic carbocycles. The molecule has 1 aliphatic heterocycles. The van der Waals surface area contributed by atoms with Crippen molar-refractivity contribution in [3.63, 3.8) is 0 Å². The quantitative estimate of drug-likeness (QED) is 0.849. The van der Waals surface area contributed by atoms with E-state index in [-0.39, 0.29) is 0 Å². The molecular formula is C16H21N5S. The number of thioether (sulfide) groups is 1. The van der Waals surface area contributed by atoms with E-state index in [1.54, 1.807) is 11.8 Å². The third kappa shape index (κ3) is 3.11. The molecule has 0 saturated heterocycles. The van der Waals surface area contributed by atoms with Crippen LogP contribution in [0.3, 0.4) is 0 Å². The third-order valence-corrected chi connectivity index (χ3v) is 5.01. The molecular weight excluding hydrogens is 294 g/mol. The maximum Gasteiger partial charge on any atom is 0.221 e. The molecule has 22 heavy (non-hydrogen) atoms. The Balaban J connectivity index is 1.72. The zero-order valence-corrected chi connectivity index (χ0v) is 13.9. The van der Waals surface area contributed by atoms with Crippen molar-refractivity contribution in [3.05, 3.63) is 35.5 Å². The van der Waals surface area contributed by atoms with Crippen LogP contribution >= 0.6 is 11.8 Å². The van der Waals surface area contributed by atoms with Gasteiger partial charge in [0.1, 0.15) is 5.03 Å². The number of nitrogens with two attached hydrogens (primary N) is 1. The Morgan fingerprint density at radius 2 is 1.95 bits per heavy atom. The summed E-state index contributed by atoms with van der Waals surface area (Å²) in [5.74, 6) is 0.361. The van der Waals surface area contributed by atoms with E-state index in [4.69, 9.17) is 5.73 Å². The zero-order valence-electron chi connectivity index (χ0n) is 13.1. The number of anilines is 3. The van der Waals surface area contributed by atoms with Gasteiger partial charge in [-0.25, -0.2) is 9.97 Å². The number of hydrogen-bond donors (Lipinski definition) is 2. The van der Waals surface area contributed by atoms with Crippen LogP contribution < -0.4 is 16.0 Å². The van der Waals surface area contributed by atoms with Crippen molar-refractivity contribution < 1.29 is 0 Å². The predicted octanol–water partition coefficient (Wildman–Crippen LogP) is 2.91. The van der Waals surface area contributed by atoms with Gasteiger partial charge in [0.25, 0.3) is 0 Å². The van der Waals surface area contributed by atoms with Crippen LogP contribution in [0.2, 0.25) is 0 Å². The fourth-order valence-corrected chi connectivity index (χ4v) is 3.83. The Kier molecular flexibility index (Phi) is 4.11. The van der Waals surface area contributed by atoms with Crippen molar-refractivity contribution in [3.8, 4) is 0 Å². The summed E-state index contributed by atoms with van der Waals surface area (Å²) >= 11 is 1.74. The molecule has 1 unspecified atom stereocenters. The number of nitrogens with one attached hydrogen (secondary N) is 1. The normalized spacial score (nSPS) is 17.0. The van der Waals surface area contributed by atoms with Gasteiger partial charge in [0.05, 0.1) is 5.37 Å². The Morgan fingerprint density at radius 3 is 2.64 bits per heavy atom. The highest BCUT2D eigenvalue weighted by Crippen LogP contribution is 2.36. The summed E-state index contributed by atoms with van der Waals surface area (Å²) < 4.78 is 0. The smallest absolute Gasteiger partial charge is 0.221 e. The second-order valence-corrected chi connectivity index (χ2v) is 6.87. The van der Waals surface area contributed by atoms with Crippen LogP contribution in [0.1, 0.15) is 17.7 Å². The first-order valence-electron chi connectivity index (χ1n) is 7.36. The maximum absolute atomic E-state index is 5.77. The molecule has 1 atom stereocenters. The number of rotatable bonds is 3. The third-order valence-electron chi connectivity index (χ3n) is 3.82. The Labute approximate surface area is 135 Å². The number of benzene rings is 1. The maximum atomic E-state index is 5.77. The topological polar surface area (TPSA) is 67.1 Å². The van der Waals surface area contributed by atoms with E-state index in [0.717, 1.165) is 29.2 Å². The van der Waals surface area contributed by atoms with Gasteiger partial charge in [-0.15, -0.1) is 0 Å². The first-order chi connectivity index (χ1) is 10.5. The number of aromatic nitrogens is 2. The van der Waals surface area contributed by atoms with Crippen LogP contribution in [-0.4, -0.2) is 29.4 Å². The molecule has 0 bridgehead atoms. The van der Waals surface area contributed by atoms with E-state index in [1.165, 1.54) is 11.3 Å². The molecule has 0 amide bonds. The van der Waals surface area contributed by atoms with Crippen LogP contribution in [0, 0.1) is 6.92 Å². The summed E-state index contributed by atoms with van der Waals surface area (Å²) in [6, 6.07) is 8.47. The van der Waals surface area contributed by atoms with E-state index in [9.17, 15) is 0 Å². The lowest BCUT2D eigenvalue weighted by molar-refractivity contribution is 0.755. The lowest BCUT2D eigenvalue weighted by atomic mass is 10.1. The van der Waals surface area contributed by atoms with Gasteiger partial charge in [-0.3, -0.25) is 0 Å². The number of hydrogen-bond acceptors (Lipinski definition) is 6. The second kappa shape index (κ2) is 6.04. The molecule has 0 spiro atoms. The lowest BCUT2D eigenvalue weighted by Crippen LogP contribution is -2.22. The average molecular weight is 315 g/mol. The summed E-state index contributed by atoms with van der Waals surface area (Å²) in [5, 5.41) is 4.89. The summed E-state index contributed by atoms with van der Waals surface area (Å²) in [7, 11) is 4.09. The molecule has 1 aliphatic rings. The van der Waals surface area contributed by atoms with Crippen LogP contribution in [0.4, 0.5) is 17.3 Å². The van der Waals surface area contributed by atoms with Crippen LogP contribution in [0.5, 0.6) is 0 Å². The Morgan fingerprint density at radius 1 is 1.23 bits per heavy atom. The zero-order chi connectivity index (χ0) is 15.7. The van der Waals surface area contributed by atoms with Crippen molar-refractivity contribution in [2.24, 2.45) is 0 Å². The van der Waals surface area contributed by atoms with Crippen molar-refractivity contribution in [2.45, 2.75) is 30.2 Å². The molecule has 3 rings (SSSR count). The molecule has 116 valence electrons. The molecule has 1 aromatic heterocycles. The number of nitrogens with zero attached hydrogens (tertiary/aromatic N) is 3. The van der Waals surface area contributed by atoms with Gasteiger partial charge in [0.15, 0.2) is 0 Å². The highest BCUT2D eigenvalue weighted by Gasteiger charge is 2.23. The van der Waals surface area contributed by atoms with Gasteiger partial charge in [0.2, 0.25) is 5.95 Å². The predicted molar refractivity (Wildman–Crippen MR) is 93.5 cm³/mol. The molecule has 0 saturated carbocycles. The highest BCUT2D eigenvalue weighted by molar-refractivity contribution is 8.00. The molecule has 2 aromatic rings. The van der Waals surface area contributed by atoms with Gasteiger partial charge >= 0.3 is 0 Å². The van der Waals surface area contributed by atoms with Gasteiger partial charge in [-0.05, 0) is 44.0 Å². The largest absolute Gasteiger partial charge is 0.378 e. The summed E-state index contributed by atoms with van der Waals surface area (Å²) in [4.78, 5) is 10.7. The summed E-state index contributed by atoms with van der Waals surface area (Å²) in [6.07, 6.45) is 2.04. The van der Waals surface area contributed by atoms with E-state index in [2.05, 4.69) is 44.5 Å². The minimum Gasteiger partial charge on any atom is -0.378 e. The molecule has 2 heterocycles. The standard InChI is InChI=1S/C16H21N5S/c1-10-13-8-9-14(22-15(13)20-16(17)18-10)19-11-4-6-12(7-5-11)21(2)3/h4-7,14,19H,8-9H2,1-3H3,(H2,17,18,20). The van der Waals surface area contributed by atoms with Crippen molar-refractivity contribution >= 4 is 29.1 Å². The minimum absolute atomic E-state index is 0.311. The highest BCUT2D eigenvalue weighted by atomic mass is 32.2. The van der Waals surface area contributed by atoms with Gasteiger partial charge in [-0.2, -0.15) is 0 Å². The number of aryl methyl sites for hydroxylation is 1. The monoisotopic (exact) mass is 315 g/mol. The first kappa shape index (κ1) is 15.0. The fourth-order valence-electron chi connectivity index (χ4n) is 2.59. The van der Waals surface area contributed by atoms with E-state index in [0.29, 0.717) is 11.3 Å². The SMILES string of the molecule is Cc1nc(N)nc2c1CCC(Nc1ccc(N(C)C)cc1)S2. The van der Waals surface area contributed by atoms with Crippen molar-refractivity contribution in [1.82, 2.24) is 9.97 Å². The van der Waals surface area contributed by atoms with Gasteiger partial charge in [0, 0.05) is 36.7 Å². The lowest BCUT2D eigenvalue weighted by Gasteiger charge is -2.26. The number of nitrogen functional groups attached to an aromatic ring is 1. The van der Waals surface area contributed by atoms with Crippen LogP contribution in [0.25, 0.3) is 0 Å². The molecule has 0 aliphatic carbocycles. The van der Waals surface area contributed by atoms with Gasteiger partial charge in [-0.1, -0.05) is 11.8 Å².